The highest BCUT2D eigenvalue weighted by molar-refractivity contribution is 5.29. The fourth-order valence-electron chi connectivity index (χ4n) is 2.82. The maximum atomic E-state index is 13.7. The van der Waals surface area contributed by atoms with Crippen molar-refractivity contribution in [2.45, 2.75) is 25.4 Å². The van der Waals surface area contributed by atoms with Gasteiger partial charge in [-0.2, -0.15) is 0 Å². The first-order valence-electron chi connectivity index (χ1n) is 7.50. The molecule has 21 heavy (non-hydrogen) atoms. The van der Waals surface area contributed by atoms with Crippen molar-refractivity contribution >= 4 is 0 Å². The number of nitrogens with one attached hydrogen (secondary N) is 1. The van der Waals surface area contributed by atoms with E-state index in [4.69, 9.17) is 9.47 Å². The Balaban J connectivity index is 1.87. The SMILES string of the molecule is COCCNCC1CCCN1Cc1ccc(OC)c(F)c1. The molecule has 0 saturated carbocycles. The Morgan fingerprint density at radius 1 is 1.38 bits per heavy atom. The molecule has 1 fully saturated rings. The molecule has 1 heterocycles. The summed E-state index contributed by atoms with van der Waals surface area (Å²) in [6, 6.07) is 5.74. The number of ether oxygens (including phenoxy) is 2. The molecule has 0 amide bonds. The molecule has 0 radical (unpaired) electrons. The van der Waals surface area contributed by atoms with Gasteiger partial charge in [0.15, 0.2) is 11.6 Å². The van der Waals surface area contributed by atoms with Crippen LogP contribution in [0.5, 0.6) is 5.75 Å². The summed E-state index contributed by atoms with van der Waals surface area (Å²) in [4.78, 5) is 2.42. The van der Waals surface area contributed by atoms with Gasteiger partial charge in [-0.1, -0.05) is 6.07 Å². The third kappa shape index (κ3) is 4.66. The Morgan fingerprint density at radius 3 is 2.95 bits per heavy atom. The van der Waals surface area contributed by atoms with Crippen molar-refractivity contribution in [3.63, 3.8) is 0 Å². The van der Waals surface area contributed by atoms with Crippen LogP contribution in [0.15, 0.2) is 18.2 Å². The van der Waals surface area contributed by atoms with Gasteiger partial charge in [-0.3, -0.25) is 4.90 Å². The van der Waals surface area contributed by atoms with Crippen LogP contribution in [0, 0.1) is 5.82 Å². The summed E-state index contributed by atoms with van der Waals surface area (Å²) in [5.74, 6) is 0.0157. The van der Waals surface area contributed by atoms with Crippen LogP contribution >= 0.6 is 0 Å². The minimum Gasteiger partial charge on any atom is -0.494 e. The standard InChI is InChI=1S/C16H25FN2O2/c1-20-9-7-18-11-14-4-3-8-19(14)12-13-5-6-16(21-2)15(17)10-13/h5-6,10,14,18H,3-4,7-9,11-12H2,1-2H3. The van der Waals surface area contributed by atoms with Crippen molar-refractivity contribution < 1.29 is 13.9 Å². The molecule has 4 nitrogen and oxygen atoms in total. The van der Waals surface area contributed by atoms with Gasteiger partial charge in [0.1, 0.15) is 0 Å². The lowest BCUT2D eigenvalue weighted by Crippen LogP contribution is -2.38. The van der Waals surface area contributed by atoms with E-state index < -0.39 is 0 Å². The lowest BCUT2D eigenvalue weighted by molar-refractivity contribution is 0.191. The van der Waals surface area contributed by atoms with Gasteiger partial charge in [-0.05, 0) is 37.1 Å². The van der Waals surface area contributed by atoms with E-state index in [1.807, 2.05) is 6.07 Å². The second-order valence-electron chi connectivity index (χ2n) is 5.43. The Morgan fingerprint density at radius 2 is 2.24 bits per heavy atom. The minimum absolute atomic E-state index is 0.288. The van der Waals surface area contributed by atoms with Crippen LogP contribution in [0.3, 0.4) is 0 Å². The zero-order valence-electron chi connectivity index (χ0n) is 12.9. The molecule has 1 aromatic carbocycles. The van der Waals surface area contributed by atoms with Crippen molar-refractivity contribution in [2.75, 3.05) is 40.5 Å². The summed E-state index contributed by atoms with van der Waals surface area (Å²) in [5, 5.41) is 3.41. The van der Waals surface area contributed by atoms with Gasteiger partial charge in [-0.15, -0.1) is 0 Å². The number of likely N-dealkylation sites (tertiary alicyclic amines) is 1. The Labute approximate surface area is 126 Å². The highest BCUT2D eigenvalue weighted by Gasteiger charge is 2.24. The summed E-state index contributed by atoms with van der Waals surface area (Å²) >= 11 is 0. The van der Waals surface area contributed by atoms with Crippen LogP contribution in [0.4, 0.5) is 4.39 Å². The molecular formula is C16H25FN2O2. The molecule has 1 atom stereocenters. The average molecular weight is 296 g/mol. The smallest absolute Gasteiger partial charge is 0.165 e. The Kier molecular flexibility index (Phi) is 6.42. The molecule has 0 aliphatic carbocycles. The molecule has 1 N–H and O–H groups in total. The summed E-state index contributed by atoms with van der Waals surface area (Å²) in [5.41, 5.74) is 0.997. The normalized spacial score (nSPS) is 19.1. The molecule has 0 bridgehead atoms. The predicted molar refractivity (Wildman–Crippen MR) is 81.1 cm³/mol. The highest BCUT2D eigenvalue weighted by Crippen LogP contribution is 2.22. The van der Waals surface area contributed by atoms with Gasteiger partial charge in [0, 0.05) is 32.8 Å². The number of hydrogen-bond donors (Lipinski definition) is 1. The zero-order chi connectivity index (χ0) is 15.1. The molecule has 1 aliphatic heterocycles. The molecule has 2 rings (SSSR count). The quantitative estimate of drug-likeness (QED) is 0.744. The number of nitrogens with zero attached hydrogens (tertiary/aromatic N) is 1. The van der Waals surface area contributed by atoms with E-state index in [9.17, 15) is 4.39 Å². The number of hydrogen-bond acceptors (Lipinski definition) is 4. The first kappa shape index (κ1) is 16.2. The van der Waals surface area contributed by atoms with E-state index in [0.717, 1.165) is 38.3 Å². The lowest BCUT2D eigenvalue weighted by Gasteiger charge is -2.25. The van der Waals surface area contributed by atoms with Crippen LogP contribution in [-0.4, -0.2) is 51.4 Å². The minimum atomic E-state index is -0.288. The van der Waals surface area contributed by atoms with Crippen molar-refractivity contribution in [3.8, 4) is 5.75 Å². The average Bonchev–Trinajstić information content (AvgIpc) is 2.91. The van der Waals surface area contributed by atoms with Crippen LogP contribution in [0.25, 0.3) is 0 Å². The molecule has 1 unspecified atom stereocenters. The van der Waals surface area contributed by atoms with Crippen molar-refractivity contribution in [1.29, 1.82) is 0 Å². The molecular weight excluding hydrogens is 271 g/mol. The van der Waals surface area contributed by atoms with Crippen LogP contribution in [-0.2, 0) is 11.3 Å². The predicted octanol–water partition coefficient (Wildman–Crippen LogP) is 2.03. The number of benzene rings is 1. The first-order chi connectivity index (χ1) is 10.2. The fourth-order valence-corrected chi connectivity index (χ4v) is 2.82. The monoisotopic (exact) mass is 296 g/mol. The summed E-state index contributed by atoms with van der Waals surface area (Å²) < 4.78 is 23.7. The Bertz CT molecular complexity index is 442. The molecule has 1 aromatic rings. The van der Waals surface area contributed by atoms with Gasteiger partial charge in [-0.25, -0.2) is 4.39 Å². The van der Waals surface area contributed by atoms with Gasteiger partial charge in [0.25, 0.3) is 0 Å². The lowest BCUT2D eigenvalue weighted by atomic mass is 10.1. The summed E-state index contributed by atoms with van der Waals surface area (Å²) in [6.07, 6.45) is 2.40. The summed E-state index contributed by atoms with van der Waals surface area (Å²) in [7, 11) is 3.20. The van der Waals surface area contributed by atoms with E-state index in [1.54, 1.807) is 19.2 Å². The van der Waals surface area contributed by atoms with Crippen LogP contribution in [0.2, 0.25) is 0 Å². The van der Waals surface area contributed by atoms with Crippen LogP contribution < -0.4 is 10.1 Å². The van der Waals surface area contributed by atoms with Gasteiger partial charge in [0.05, 0.1) is 13.7 Å². The number of halogens is 1. The second-order valence-corrected chi connectivity index (χ2v) is 5.43. The maximum Gasteiger partial charge on any atom is 0.165 e. The number of methoxy groups -OCH3 is 2. The maximum absolute atomic E-state index is 13.7. The third-order valence-corrected chi connectivity index (χ3v) is 3.96. The van der Waals surface area contributed by atoms with E-state index in [0.29, 0.717) is 11.8 Å². The second kappa shape index (κ2) is 8.32. The number of rotatable bonds is 8. The molecule has 0 aromatic heterocycles. The van der Waals surface area contributed by atoms with Crippen molar-refractivity contribution in [3.05, 3.63) is 29.6 Å². The largest absolute Gasteiger partial charge is 0.494 e. The molecule has 1 saturated heterocycles. The van der Waals surface area contributed by atoms with E-state index in [2.05, 4.69) is 10.2 Å². The highest BCUT2D eigenvalue weighted by atomic mass is 19.1. The van der Waals surface area contributed by atoms with Crippen LogP contribution in [0.1, 0.15) is 18.4 Å². The van der Waals surface area contributed by atoms with E-state index in [1.165, 1.54) is 20.0 Å². The molecule has 0 spiro atoms. The zero-order valence-corrected chi connectivity index (χ0v) is 12.9. The third-order valence-electron chi connectivity index (χ3n) is 3.96. The van der Waals surface area contributed by atoms with Crippen molar-refractivity contribution in [2.24, 2.45) is 0 Å². The molecule has 1 aliphatic rings. The first-order valence-corrected chi connectivity index (χ1v) is 7.50. The van der Waals surface area contributed by atoms with Gasteiger partial charge in [0.2, 0.25) is 0 Å². The van der Waals surface area contributed by atoms with Gasteiger partial charge >= 0.3 is 0 Å². The van der Waals surface area contributed by atoms with E-state index >= 15 is 0 Å². The topological polar surface area (TPSA) is 33.7 Å². The van der Waals surface area contributed by atoms with E-state index in [-0.39, 0.29) is 5.82 Å². The van der Waals surface area contributed by atoms with Crippen molar-refractivity contribution in [1.82, 2.24) is 10.2 Å². The fraction of sp³-hybridized carbons (Fsp3) is 0.625. The molecule has 5 heteroatoms. The molecule has 118 valence electrons. The Hall–Kier alpha value is -1.17. The van der Waals surface area contributed by atoms with Gasteiger partial charge < -0.3 is 14.8 Å². The summed E-state index contributed by atoms with van der Waals surface area (Å²) in [6.45, 7) is 4.43.